The quantitative estimate of drug-likeness (QED) is 0.319. The topological polar surface area (TPSA) is 29.1 Å². The predicted octanol–water partition coefficient (Wildman–Crippen LogP) is 5.12. The largest absolute Gasteiger partial charge is 0.359 e. The Kier molecular flexibility index (Phi) is 16.7. The summed E-state index contributed by atoms with van der Waals surface area (Å²) in [4.78, 5) is 11.0. The summed E-state index contributed by atoms with van der Waals surface area (Å²) in [5, 5.41) is 2.67. The van der Waals surface area contributed by atoms with Gasteiger partial charge in [0.15, 0.2) is 0 Å². The first kappa shape index (κ1) is 19.8. The molecule has 3 heteroatoms. The highest BCUT2D eigenvalue weighted by atomic mass is 32.1. The van der Waals surface area contributed by atoms with Crippen LogP contribution in [0.1, 0.15) is 89.9 Å². The van der Waals surface area contributed by atoms with Gasteiger partial charge in [-0.05, 0) is 18.6 Å². The zero-order valence-corrected chi connectivity index (χ0v) is 14.4. The first-order valence-electron chi connectivity index (χ1n) is 8.62. The van der Waals surface area contributed by atoms with Crippen molar-refractivity contribution in [2.45, 2.75) is 89.9 Å². The Morgan fingerprint density at radius 1 is 0.700 bits per heavy atom. The Morgan fingerprint density at radius 3 is 1.40 bits per heavy atom. The van der Waals surface area contributed by atoms with Crippen molar-refractivity contribution in [3.8, 4) is 0 Å². The molecule has 0 saturated carbocycles. The van der Waals surface area contributed by atoms with E-state index in [1.54, 1.807) is 7.05 Å². The van der Waals surface area contributed by atoms with E-state index in [0.717, 1.165) is 12.2 Å². The maximum atomic E-state index is 11.0. The number of hydrogen-bond acceptors (Lipinski definition) is 2. The molecule has 120 valence electrons. The normalized spacial score (nSPS) is 10.7. The van der Waals surface area contributed by atoms with Crippen LogP contribution in [-0.2, 0) is 4.79 Å². The molecule has 0 rings (SSSR count). The van der Waals surface area contributed by atoms with Gasteiger partial charge in [-0.25, -0.2) is 0 Å². The summed E-state index contributed by atoms with van der Waals surface area (Å²) in [5.74, 6) is 1.22. The van der Waals surface area contributed by atoms with Crippen LogP contribution in [0.5, 0.6) is 0 Å². The number of unbranched alkanes of at least 4 members (excludes halogenated alkanes) is 12. The minimum absolute atomic E-state index is 0.180. The third-order valence-corrected chi connectivity index (χ3v) is 4.16. The zero-order valence-electron chi connectivity index (χ0n) is 13.5. The van der Waals surface area contributed by atoms with Crippen molar-refractivity contribution in [3.05, 3.63) is 0 Å². The van der Waals surface area contributed by atoms with Gasteiger partial charge in [0.1, 0.15) is 0 Å². The third-order valence-electron chi connectivity index (χ3n) is 3.84. The SMILES string of the molecule is CNC(=O)CCCCCCCCCCCCCCCS. The summed E-state index contributed by atoms with van der Waals surface area (Å²) in [6.07, 6.45) is 18.0. The average molecular weight is 302 g/mol. The van der Waals surface area contributed by atoms with Crippen LogP contribution in [0.15, 0.2) is 0 Å². The molecule has 0 radical (unpaired) electrons. The average Bonchev–Trinajstić information content (AvgIpc) is 2.47. The van der Waals surface area contributed by atoms with Crippen LogP contribution >= 0.6 is 12.6 Å². The minimum atomic E-state index is 0.180. The second-order valence-electron chi connectivity index (χ2n) is 5.74. The first-order valence-corrected chi connectivity index (χ1v) is 9.26. The lowest BCUT2D eigenvalue weighted by Gasteiger charge is -2.03. The predicted molar refractivity (Wildman–Crippen MR) is 92.6 cm³/mol. The highest BCUT2D eigenvalue weighted by Gasteiger charge is 1.97. The Hall–Kier alpha value is -0.180. The lowest BCUT2D eigenvalue weighted by Crippen LogP contribution is -2.16. The molecule has 0 saturated heterocycles. The lowest BCUT2D eigenvalue weighted by molar-refractivity contribution is -0.120. The summed E-state index contributed by atoms with van der Waals surface area (Å²) >= 11 is 4.23. The van der Waals surface area contributed by atoms with E-state index in [9.17, 15) is 4.79 Å². The van der Waals surface area contributed by atoms with E-state index >= 15 is 0 Å². The summed E-state index contributed by atoms with van der Waals surface area (Å²) in [5.41, 5.74) is 0. The zero-order chi connectivity index (χ0) is 14.9. The monoisotopic (exact) mass is 301 g/mol. The Morgan fingerprint density at radius 2 is 1.05 bits per heavy atom. The van der Waals surface area contributed by atoms with Crippen molar-refractivity contribution < 1.29 is 4.79 Å². The van der Waals surface area contributed by atoms with Gasteiger partial charge in [-0.15, -0.1) is 0 Å². The molecule has 0 aliphatic rings. The molecule has 0 aliphatic carbocycles. The van der Waals surface area contributed by atoms with E-state index in [2.05, 4.69) is 17.9 Å². The van der Waals surface area contributed by atoms with E-state index in [-0.39, 0.29) is 5.91 Å². The molecule has 0 aliphatic heterocycles. The van der Waals surface area contributed by atoms with Gasteiger partial charge in [0.2, 0.25) is 5.91 Å². The molecule has 0 unspecified atom stereocenters. The number of hydrogen-bond donors (Lipinski definition) is 2. The molecule has 20 heavy (non-hydrogen) atoms. The van der Waals surface area contributed by atoms with Gasteiger partial charge < -0.3 is 5.32 Å². The summed E-state index contributed by atoms with van der Waals surface area (Å²) in [6, 6.07) is 0. The summed E-state index contributed by atoms with van der Waals surface area (Å²) in [7, 11) is 1.71. The van der Waals surface area contributed by atoms with Crippen LogP contribution in [0.25, 0.3) is 0 Å². The van der Waals surface area contributed by atoms with Crippen molar-refractivity contribution in [2.24, 2.45) is 0 Å². The molecule has 0 fully saturated rings. The molecule has 0 spiro atoms. The third kappa shape index (κ3) is 15.9. The van der Waals surface area contributed by atoms with Crippen LogP contribution in [0.3, 0.4) is 0 Å². The van der Waals surface area contributed by atoms with Gasteiger partial charge >= 0.3 is 0 Å². The van der Waals surface area contributed by atoms with Gasteiger partial charge in [0.25, 0.3) is 0 Å². The van der Waals surface area contributed by atoms with E-state index in [0.29, 0.717) is 6.42 Å². The van der Waals surface area contributed by atoms with E-state index < -0.39 is 0 Å². The van der Waals surface area contributed by atoms with Crippen LogP contribution in [-0.4, -0.2) is 18.7 Å². The molecule has 0 aromatic rings. The fourth-order valence-electron chi connectivity index (χ4n) is 2.47. The molecular formula is C17H35NOS. The van der Waals surface area contributed by atoms with Gasteiger partial charge in [0.05, 0.1) is 0 Å². The van der Waals surface area contributed by atoms with Crippen molar-refractivity contribution in [1.29, 1.82) is 0 Å². The smallest absolute Gasteiger partial charge is 0.219 e. The maximum Gasteiger partial charge on any atom is 0.219 e. The van der Waals surface area contributed by atoms with Crippen molar-refractivity contribution in [1.82, 2.24) is 5.32 Å². The molecule has 0 heterocycles. The molecular weight excluding hydrogens is 266 g/mol. The van der Waals surface area contributed by atoms with Crippen molar-refractivity contribution in [3.63, 3.8) is 0 Å². The van der Waals surface area contributed by atoms with Gasteiger partial charge in [-0.1, -0.05) is 70.6 Å². The molecule has 0 aromatic carbocycles. The number of carbonyl (C=O) groups excluding carboxylic acids is 1. The number of thiol groups is 1. The molecule has 1 N–H and O–H groups in total. The highest BCUT2D eigenvalue weighted by Crippen LogP contribution is 2.13. The maximum absolute atomic E-state index is 11.0. The Balaban J connectivity index is 2.97. The molecule has 0 aromatic heterocycles. The van der Waals surface area contributed by atoms with Gasteiger partial charge in [-0.3, -0.25) is 4.79 Å². The number of nitrogens with one attached hydrogen (secondary N) is 1. The van der Waals surface area contributed by atoms with E-state index in [1.807, 2.05) is 0 Å². The molecule has 0 atom stereocenters. The number of amides is 1. The van der Waals surface area contributed by atoms with Crippen LogP contribution in [0.4, 0.5) is 0 Å². The number of carbonyl (C=O) groups is 1. The van der Waals surface area contributed by atoms with E-state index in [4.69, 9.17) is 0 Å². The van der Waals surface area contributed by atoms with Crippen LogP contribution < -0.4 is 5.32 Å². The fourth-order valence-corrected chi connectivity index (χ4v) is 2.69. The Bertz CT molecular complexity index is 209. The highest BCUT2D eigenvalue weighted by molar-refractivity contribution is 7.80. The summed E-state index contributed by atoms with van der Waals surface area (Å²) < 4.78 is 0. The van der Waals surface area contributed by atoms with Gasteiger partial charge in [0, 0.05) is 13.5 Å². The molecule has 1 amide bonds. The standard InChI is InChI=1S/C17H35NOS/c1-18-17(19)15-13-11-9-7-5-3-2-4-6-8-10-12-14-16-20/h20H,2-16H2,1H3,(H,18,19). The molecule has 0 bridgehead atoms. The number of rotatable bonds is 15. The minimum Gasteiger partial charge on any atom is -0.359 e. The van der Waals surface area contributed by atoms with Crippen molar-refractivity contribution >= 4 is 18.5 Å². The van der Waals surface area contributed by atoms with Crippen LogP contribution in [0.2, 0.25) is 0 Å². The fraction of sp³-hybridized carbons (Fsp3) is 0.941. The van der Waals surface area contributed by atoms with Gasteiger partial charge in [-0.2, -0.15) is 12.6 Å². The molecule has 2 nitrogen and oxygen atoms in total. The van der Waals surface area contributed by atoms with Crippen molar-refractivity contribution in [2.75, 3.05) is 12.8 Å². The second kappa shape index (κ2) is 16.9. The Labute approximate surface area is 131 Å². The van der Waals surface area contributed by atoms with E-state index in [1.165, 1.54) is 77.0 Å². The van der Waals surface area contributed by atoms with Crippen LogP contribution in [0, 0.1) is 0 Å². The summed E-state index contributed by atoms with van der Waals surface area (Å²) in [6.45, 7) is 0. The second-order valence-corrected chi connectivity index (χ2v) is 6.19. The lowest BCUT2D eigenvalue weighted by atomic mass is 10.0. The first-order chi connectivity index (χ1) is 9.81.